The van der Waals surface area contributed by atoms with Crippen LogP contribution in [0.25, 0.3) is 0 Å². The van der Waals surface area contributed by atoms with Crippen LogP contribution in [0.1, 0.15) is 38.9 Å². The Morgan fingerprint density at radius 3 is 2.82 bits per heavy atom. The summed E-state index contributed by atoms with van der Waals surface area (Å²) in [6.07, 6.45) is 6.22. The lowest BCUT2D eigenvalue weighted by atomic mass is 10.2. The van der Waals surface area contributed by atoms with Crippen LogP contribution in [0.3, 0.4) is 0 Å². The molecule has 1 aromatic rings. The van der Waals surface area contributed by atoms with Crippen molar-refractivity contribution in [1.29, 1.82) is 0 Å². The van der Waals surface area contributed by atoms with E-state index in [0.717, 1.165) is 50.8 Å². The Morgan fingerprint density at radius 1 is 1.27 bits per heavy atom. The highest BCUT2D eigenvalue weighted by Crippen LogP contribution is 1.95. The SMILES string of the molecule is CCCCCN=C(NCCOC)NCCn1cnnc1CC. The average molecular weight is 310 g/mol. The van der Waals surface area contributed by atoms with Crippen molar-refractivity contribution in [1.82, 2.24) is 25.4 Å². The molecular weight excluding hydrogens is 280 g/mol. The van der Waals surface area contributed by atoms with Crippen molar-refractivity contribution < 1.29 is 4.74 Å². The van der Waals surface area contributed by atoms with Crippen LogP contribution in [-0.2, 0) is 17.7 Å². The Bertz CT molecular complexity index is 418. The number of ether oxygens (including phenoxy) is 1. The molecule has 0 aliphatic heterocycles. The van der Waals surface area contributed by atoms with Gasteiger partial charge in [-0.15, -0.1) is 10.2 Å². The standard InChI is InChI=1S/C15H30N6O/c1-4-6-7-8-16-15(18-10-12-22-3)17-9-11-21-13-19-20-14(21)5-2/h13H,4-12H2,1-3H3,(H2,16,17,18). The summed E-state index contributed by atoms with van der Waals surface area (Å²) in [6, 6.07) is 0. The molecule has 0 unspecified atom stereocenters. The van der Waals surface area contributed by atoms with Crippen molar-refractivity contribution >= 4 is 5.96 Å². The molecular formula is C15H30N6O. The molecule has 22 heavy (non-hydrogen) atoms. The van der Waals surface area contributed by atoms with E-state index in [1.807, 2.05) is 0 Å². The van der Waals surface area contributed by atoms with Crippen LogP contribution in [0.15, 0.2) is 11.3 Å². The van der Waals surface area contributed by atoms with Crippen molar-refractivity contribution in [3.8, 4) is 0 Å². The molecule has 0 saturated carbocycles. The van der Waals surface area contributed by atoms with Gasteiger partial charge in [-0.3, -0.25) is 4.99 Å². The van der Waals surface area contributed by atoms with Gasteiger partial charge in [0.15, 0.2) is 5.96 Å². The summed E-state index contributed by atoms with van der Waals surface area (Å²) in [6.45, 7) is 8.17. The molecule has 0 radical (unpaired) electrons. The van der Waals surface area contributed by atoms with Gasteiger partial charge in [0.2, 0.25) is 0 Å². The fourth-order valence-electron chi connectivity index (χ4n) is 2.03. The van der Waals surface area contributed by atoms with E-state index in [4.69, 9.17) is 4.74 Å². The van der Waals surface area contributed by atoms with Crippen molar-refractivity contribution in [3.63, 3.8) is 0 Å². The van der Waals surface area contributed by atoms with E-state index >= 15 is 0 Å². The van der Waals surface area contributed by atoms with Gasteiger partial charge in [-0.05, 0) is 6.42 Å². The summed E-state index contributed by atoms with van der Waals surface area (Å²) in [5, 5.41) is 14.7. The number of methoxy groups -OCH3 is 1. The molecule has 1 rings (SSSR count). The zero-order valence-corrected chi connectivity index (χ0v) is 14.1. The Morgan fingerprint density at radius 2 is 2.09 bits per heavy atom. The van der Waals surface area contributed by atoms with Crippen molar-refractivity contribution in [2.75, 3.05) is 33.4 Å². The fourth-order valence-corrected chi connectivity index (χ4v) is 2.03. The lowest BCUT2D eigenvalue weighted by Gasteiger charge is -2.13. The lowest BCUT2D eigenvalue weighted by Crippen LogP contribution is -2.40. The monoisotopic (exact) mass is 310 g/mol. The average Bonchev–Trinajstić information content (AvgIpc) is 2.98. The largest absolute Gasteiger partial charge is 0.383 e. The minimum Gasteiger partial charge on any atom is -0.383 e. The molecule has 1 aromatic heterocycles. The molecule has 0 bridgehead atoms. The summed E-state index contributed by atoms with van der Waals surface area (Å²) < 4.78 is 7.13. The Labute approximate surface area is 133 Å². The van der Waals surface area contributed by atoms with Gasteiger partial charge in [-0.1, -0.05) is 26.7 Å². The summed E-state index contributed by atoms with van der Waals surface area (Å²) in [7, 11) is 1.70. The van der Waals surface area contributed by atoms with Crippen molar-refractivity contribution in [2.45, 2.75) is 46.1 Å². The molecule has 126 valence electrons. The summed E-state index contributed by atoms with van der Waals surface area (Å²) in [5.74, 6) is 1.86. The smallest absolute Gasteiger partial charge is 0.191 e. The summed E-state index contributed by atoms with van der Waals surface area (Å²) in [4.78, 5) is 4.59. The number of nitrogens with one attached hydrogen (secondary N) is 2. The molecule has 7 heteroatoms. The first-order valence-electron chi connectivity index (χ1n) is 8.19. The second kappa shape index (κ2) is 12.0. The van der Waals surface area contributed by atoms with E-state index in [-0.39, 0.29) is 0 Å². The molecule has 1 heterocycles. The zero-order valence-electron chi connectivity index (χ0n) is 14.1. The Balaban J connectivity index is 2.38. The fraction of sp³-hybridized carbons (Fsp3) is 0.800. The maximum absolute atomic E-state index is 5.06. The normalized spacial score (nSPS) is 11.7. The predicted octanol–water partition coefficient (Wildman–Crippen LogP) is 1.21. The number of aliphatic imine (C=N–C) groups is 1. The first-order valence-corrected chi connectivity index (χ1v) is 8.19. The first kappa shape index (κ1) is 18.4. The van der Waals surface area contributed by atoms with E-state index in [2.05, 4.69) is 44.2 Å². The third-order valence-electron chi connectivity index (χ3n) is 3.29. The van der Waals surface area contributed by atoms with E-state index in [1.165, 1.54) is 12.8 Å². The lowest BCUT2D eigenvalue weighted by molar-refractivity contribution is 0.203. The van der Waals surface area contributed by atoms with Gasteiger partial charge in [0.25, 0.3) is 0 Å². The molecule has 7 nitrogen and oxygen atoms in total. The van der Waals surface area contributed by atoms with E-state index in [9.17, 15) is 0 Å². The van der Waals surface area contributed by atoms with E-state index in [1.54, 1.807) is 13.4 Å². The summed E-state index contributed by atoms with van der Waals surface area (Å²) >= 11 is 0. The maximum Gasteiger partial charge on any atom is 0.191 e. The van der Waals surface area contributed by atoms with E-state index in [0.29, 0.717) is 6.61 Å². The predicted molar refractivity (Wildman–Crippen MR) is 89.1 cm³/mol. The van der Waals surface area contributed by atoms with Gasteiger partial charge in [0.1, 0.15) is 12.2 Å². The second-order valence-electron chi connectivity index (χ2n) is 5.08. The molecule has 0 amide bonds. The molecule has 2 N–H and O–H groups in total. The second-order valence-corrected chi connectivity index (χ2v) is 5.08. The van der Waals surface area contributed by atoms with E-state index < -0.39 is 0 Å². The van der Waals surface area contributed by atoms with Gasteiger partial charge in [-0.25, -0.2) is 0 Å². The van der Waals surface area contributed by atoms with Crippen LogP contribution in [0.4, 0.5) is 0 Å². The Hall–Kier alpha value is -1.63. The van der Waals surface area contributed by atoms with Gasteiger partial charge in [0, 0.05) is 39.7 Å². The molecule has 0 aromatic carbocycles. The number of hydrogen-bond acceptors (Lipinski definition) is 4. The molecule has 0 atom stereocenters. The van der Waals surface area contributed by atoms with Crippen LogP contribution in [0.5, 0.6) is 0 Å². The van der Waals surface area contributed by atoms with Crippen LogP contribution in [-0.4, -0.2) is 54.1 Å². The number of aryl methyl sites for hydroxylation is 1. The third kappa shape index (κ3) is 7.40. The van der Waals surface area contributed by atoms with Crippen molar-refractivity contribution in [2.24, 2.45) is 4.99 Å². The van der Waals surface area contributed by atoms with Crippen LogP contribution < -0.4 is 10.6 Å². The minimum absolute atomic E-state index is 0.668. The number of guanidine groups is 1. The molecule has 0 spiro atoms. The quantitative estimate of drug-likeness (QED) is 0.365. The highest BCUT2D eigenvalue weighted by Gasteiger charge is 2.02. The minimum atomic E-state index is 0.668. The molecule has 0 saturated heterocycles. The summed E-state index contributed by atoms with van der Waals surface area (Å²) in [5.41, 5.74) is 0. The molecule has 0 fully saturated rings. The van der Waals surface area contributed by atoms with Crippen molar-refractivity contribution in [3.05, 3.63) is 12.2 Å². The van der Waals surface area contributed by atoms with Crippen LogP contribution in [0, 0.1) is 0 Å². The first-order chi connectivity index (χ1) is 10.8. The maximum atomic E-state index is 5.06. The number of unbranched alkanes of at least 4 members (excludes halogenated alkanes) is 2. The Kier molecular flexibility index (Phi) is 10.0. The van der Waals surface area contributed by atoms with Gasteiger partial charge < -0.3 is 19.9 Å². The number of hydrogen-bond donors (Lipinski definition) is 2. The van der Waals surface area contributed by atoms with Gasteiger partial charge >= 0.3 is 0 Å². The van der Waals surface area contributed by atoms with Crippen LogP contribution >= 0.6 is 0 Å². The van der Waals surface area contributed by atoms with Crippen LogP contribution in [0.2, 0.25) is 0 Å². The highest BCUT2D eigenvalue weighted by atomic mass is 16.5. The number of rotatable bonds is 11. The topological polar surface area (TPSA) is 76.4 Å². The molecule has 0 aliphatic carbocycles. The zero-order chi connectivity index (χ0) is 16.0. The highest BCUT2D eigenvalue weighted by molar-refractivity contribution is 5.79. The number of nitrogens with zero attached hydrogens (tertiary/aromatic N) is 4. The number of aromatic nitrogens is 3. The van der Waals surface area contributed by atoms with Gasteiger partial charge in [0.05, 0.1) is 6.61 Å². The molecule has 0 aliphatic rings. The van der Waals surface area contributed by atoms with Gasteiger partial charge in [-0.2, -0.15) is 0 Å². The third-order valence-corrected chi connectivity index (χ3v) is 3.29.